The van der Waals surface area contributed by atoms with Crippen molar-refractivity contribution in [3.8, 4) is 5.75 Å². The Bertz CT molecular complexity index is 739. The highest BCUT2D eigenvalue weighted by Gasteiger charge is 2.30. The van der Waals surface area contributed by atoms with Gasteiger partial charge in [0.2, 0.25) is 0 Å². The van der Waals surface area contributed by atoms with Crippen LogP contribution in [0.2, 0.25) is 0 Å². The molecule has 1 fully saturated rings. The molecular formula is C20H25ClN2O3. The van der Waals surface area contributed by atoms with Crippen LogP contribution in [0.5, 0.6) is 5.75 Å². The highest BCUT2D eigenvalue weighted by Crippen LogP contribution is 2.31. The van der Waals surface area contributed by atoms with Gasteiger partial charge in [-0.2, -0.15) is 0 Å². The second-order valence-corrected chi connectivity index (χ2v) is 6.09. The minimum Gasteiger partial charge on any atom is -0.496 e. The molecule has 0 saturated carbocycles. The molecule has 1 unspecified atom stereocenters. The number of nitrogens with one attached hydrogen (secondary N) is 1. The van der Waals surface area contributed by atoms with E-state index in [1.807, 2.05) is 53.4 Å². The normalized spacial score (nSPS) is 16.7. The lowest BCUT2D eigenvalue weighted by Crippen LogP contribution is -2.48. The van der Waals surface area contributed by atoms with Crippen LogP contribution in [0.25, 0.3) is 0 Å². The lowest BCUT2D eigenvalue weighted by molar-refractivity contribution is 0.0631. The Morgan fingerprint density at radius 1 is 1.19 bits per heavy atom. The molecule has 140 valence electrons. The Morgan fingerprint density at radius 2 is 2.00 bits per heavy atom. The van der Waals surface area contributed by atoms with E-state index < -0.39 is 0 Å². The summed E-state index contributed by atoms with van der Waals surface area (Å²) in [4.78, 5) is 15.1. The van der Waals surface area contributed by atoms with Crippen molar-refractivity contribution in [2.75, 3.05) is 33.9 Å². The smallest absolute Gasteiger partial charge is 0.254 e. The highest BCUT2D eigenvalue weighted by molar-refractivity contribution is 5.94. The lowest BCUT2D eigenvalue weighted by atomic mass is 10.0. The molecule has 3 rings (SSSR count). The van der Waals surface area contributed by atoms with Gasteiger partial charge in [0.25, 0.3) is 5.91 Å². The van der Waals surface area contributed by atoms with Crippen LogP contribution in [0.4, 0.5) is 0 Å². The highest BCUT2D eigenvalue weighted by atomic mass is 35.5. The summed E-state index contributed by atoms with van der Waals surface area (Å²) in [6.07, 6.45) is 0. The van der Waals surface area contributed by atoms with Crippen molar-refractivity contribution in [2.24, 2.45) is 0 Å². The molecule has 2 aromatic rings. The van der Waals surface area contributed by atoms with E-state index in [0.717, 1.165) is 23.4 Å². The second kappa shape index (κ2) is 9.57. The first-order valence-electron chi connectivity index (χ1n) is 8.47. The summed E-state index contributed by atoms with van der Waals surface area (Å²) < 4.78 is 10.7. The first-order chi connectivity index (χ1) is 12.2. The summed E-state index contributed by atoms with van der Waals surface area (Å²) in [6, 6.07) is 15.5. The Labute approximate surface area is 160 Å². The molecule has 0 spiro atoms. The fourth-order valence-corrected chi connectivity index (χ4v) is 3.29. The maximum Gasteiger partial charge on any atom is 0.254 e. The van der Waals surface area contributed by atoms with Crippen LogP contribution in [-0.4, -0.2) is 44.7 Å². The van der Waals surface area contributed by atoms with Crippen molar-refractivity contribution >= 4 is 18.3 Å². The van der Waals surface area contributed by atoms with Crippen molar-refractivity contribution < 1.29 is 14.3 Å². The third-order valence-corrected chi connectivity index (χ3v) is 4.49. The molecule has 26 heavy (non-hydrogen) atoms. The minimum atomic E-state index is -0.0523. The Morgan fingerprint density at radius 3 is 2.77 bits per heavy atom. The van der Waals surface area contributed by atoms with E-state index in [1.165, 1.54) is 0 Å². The SMILES string of the molecule is COCc1cccc(C(=O)N2CCNCC2c2ccccc2OC)c1.Cl. The van der Waals surface area contributed by atoms with Gasteiger partial charge in [-0.15, -0.1) is 12.4 Å². The van der Waals surface area contributed by atoms with E-state index in [4.69, 9.17) is 9.47 Å². The maximum atomic E-state index is 13.2. The van der Waals surface area contributed by atoms with E-state index in [9.17, 15) is 4.79 Å². The molecule has 0 aromatic heterocycles. The van der Waals surface area contributed by atoms with Crippen LogP contribution >= 0.6 is 12.4 Å². The second-order valence-electron chi connectivity index (χ2n) is 6.09. The molecule has 0 bridgehead atoms. The molecule has 1 N–H and O–H groups in total. The summed E-state index contributed by atoms with van der Waals surface area (Å²) in [7, 11) is 3.32. The Kier molecular flexibility index (Phi) is 7.45. The zero-order chi connectivity index (χ0) is 17.6. The monoisotopic (exact) mass is 376 g/mol. The molecule has 2 aromatic carbocycles. The topological polar surface area (TPSA) is 50.8 Å². The lowest BCUT2D eigenvalue weighted by Gasteiger charge is -2.37. The number of hydrogen-bond donors (Lipinski definition) is 1. The quantitative estimate of drug-likeness (QED) is 0.871. The molecule has 1 atom stereocenters. The molecule has 0 radical (unpaired) electrons. The van der Waals surface area contributed by atoms with Crippen LogP contribution < -0.4 is 10.1 Å². The summed E-state index contributed by atoms with van der Waals surface area (Å²) >= 11 is 0. The van der Waals surface area contributed by atoms with Crippen LogP contribution in [-0.2, 0) is 11.3 Å². The van der Waals surface area contributed by atoms with E-state index >= 15 is 0 Å². The van der Waals surface area contributed by atoms with E-state index in [0.29, 0.717) is 25.3 Å². The maximum absolute atomic E-state index is 13.2. The van der Waals surface area contributed by atoms with Gasteiger partial charge < -0.3 is 19.7 Å². The number of carbonyl (C=O) groups excluding carboxylic acids is 1. The number of carbonyl (C=O) groups is 1. The number of rotatable bonds is 5. The summed E-state index contributed by atoms with van der Waals surface area (Å²) in [5.41, 5.74) is 2.72. The number of methoxy groups -OCH3 is 2. The van der Waals surface area contributed by atoms with Gasteiger partial charge >= 0.3 is 0 Å². The number of nitrogens with zero attached hydrogens (tertiary/aromatic N) is 1. The third-order valence-electron chi connectivity index (χ3n) is 4.49. The van der Waals surface area contributed by atoms with Gasteiger partial charge in [-0.05, 0) is 23.8 Å². The molecule has 1 aliphatic heterocycles. The van der Waals surface area contributed by atoms with Crippen LogP contribution in [0.3, 0.4) is 0 Å². The molecule has 6 heteroatoms. The van der Waals surface area contributed by atoms with E-state index in [1.54, 1.807) is 14.2 Å². The number of benzene rings is 2. The van der Waals surface area contributed by atoms with Crippen molar-refractivity contribution in [1.29, 1.82) is 0 Å². The predicted octanol–water partition coefficient (Wildman–Crippen LogP) is 3.05. The Hall–Kier alpha value is -2.08. The minimum absolute atomic E-state index is 0. The predicted molar refractivity (Wildman–Crippen MR) is 104 cm³/mol. The van der Waals surface area contributed by atoms with E-state index in [-0.39, 0.29) is 24.4 Å². The number of hydrogen-bond acceptors (Lipinski definition) is 4. The van der Waals surface area contributed by atoms with Crippen LogP contribution in [0.15, 0.2) is 48.5 Å². The number of para-hydroxylation sites is 1. The van der Waals surface area contributed by atoms with Gasteiger partial charge in [0, 0.05) is 37.9 Å². The number of piperazine rings is 1. The molecule has 1 heterocycles. The van der Waals surface area contributed by atoms with Gasteiger partial charge in [-0.1, -0.05) is 30.3 Å². The number of ether oxygens (including phenoxy) is 2. The summed E-state index contributed by atoms with van der Waals surface area (Å²) in [5.74, 6) is 0.845. The van der Waals surface area contributed by atoms with Gasteiger partial charge in [0.05, 0.1) is 19.8 Å². The number of halogens is 1. The van der Waals surface area contributed by atoms with Gasteiger partial charge in [0.1, 0.15) is 5.75 Å². The van der Waals surface area contributed by atoms with Crippen LogP contribution in [0.1, 0.15) is 27.5 Å². The number of amides is 1. The van der Waals surface area contributed by atoms with Crippen molar-refractivity contribution in [3.05, 3.63) is 65.2 Å². The van der Waals surface area contributed by atoms with Crippen molar-refractivity contribution in [2.45, 2.75) is 12.6 Å². The van der Waals surface area contributed by atoms with Gasteiger partial charge in [-0.3, -0.25) is 4.79 Å². The molecule has 1 saturated heterocycles. The molecule has 1 amide bonds. The fraction of sp³-hybridized carbons (Fsp3) is 0.350. The largest absolute Gasteiger partial charge is 0.496 e. The molecule has 0 aliphatic carbocycles. The standard InChI is InChI=1S/C20H24N2O3.ClH/c1-24-14-15-6-5-7-16(12-15)20(23)22-11-10-21-13-18(22)17-8-3-4-9-19(17)25-2;/h3-9,12,18,21H,10-11,13-14H2,1-2H3;1H. The first kappa shape index (κ1) is 20.2. The zero-order valence-electron chi connectivity index (χ0n) is 15.1. The fourth-order valence-electron chi connectivity index (χ4n) is 3.29. The molecular weight excluding hydrogens is 352 g/mol. The summed E-state index contributed by atoms with van der Waals surface area (Å²) in [5, 5.41) is 3.38. The Balaban J connectivity index is 0.00000243. The summed E-state index contributed by atoms with van der Waals surface area (Å²) in [6.45, 7) is 2.66. The third kappa shape index (κ3) is 4.36. The average molecular weight is 377 g/mol. The molecule has 1 aliphatic rings. The average Bonchev–Trinajstić information content (AvgIpc) is 2.68. The molecule has 5 nitrogen and oxygen atoms in total. The first-order valence-corrected chi connectivity index (χ1v) is 8.47. The van der Waals surface area contributed by atoms with Crippen LogP contribution in [0, 0.1) is 0 Å². The zero-order valence-corrected chi connectivity index (χ0v) is 15.9. The van der Waals surface area contributed by atoms with Crippen molar-refractivity contribution in [3.63, 3.8) is 0 Å². The van der Waals surface area contributed by atoms with Gasteiger partial charge in [0.15, 0.2) is 0 Å². The van der Waals surface area contributed by atoms with Gasteiger partial charge in [-0.25, -0.2) is 0 Å². The van der Waals surface area contributed by atoms with E-state index in [2.05, 4.69) is 5.32 Å². The van der Waals surface area contributed by atoms with Crippen molar-refractivity contribution in [1.82, 2.24) is 10.2 Å².